The highest BCUT2D eigenvalue weighted by atomic mass is 16.5. The summed E-state index contributed by atoms with van der Waals surface area (Å²) in [5, 5.41) is 0. The lowest BCUT2D eigenvalue weighted by Crippen LogP contribution is -2.45. The third kappa shape index (κ3) is 1.19. The maximum Gasteiger partial charge on any atom is 0.220 e. The predicted octanol–water partition coefficient (Wildman–Crippen LogP) is -0.0391. The van der Waals surface area contributed by atoms with Crippen LogP contribution in [-0.2, 0) is 9.53 Å². The Kier molecular flexibility index (Phi) is 1.69. The van der Waals surface area contributed by atoms with E-state index in [0.717, 1.165) is 39.1 Å². The maximum absolute atomic E-state index is 10.6. The molecule has 3 heteroatoms. The molecule has 11 heavy (non-hydrogen) atoms. The van der Waals surface area contributed by atoms with Gasteiger partial charge >= 0.3 is 0 Å². The number of nitrogens with zero attached hydrogens (tertiary/aromatic N) is 1. The molecule has 1 aliphatic carbocycles. The number of hydrogen-bond acceptors (Lipinski definition) is 3. The van der Waals surface area contributed by atoms with Crippen LogP contribution in [0.1, 0.15) is 12.8 Å². The number of carbonyl (C=O) groups excluding carboxylic acids is 1. The summed E-state index contributed by atoms with van der Waals surface area (Å²) in [4.78, 5) is 12.8. The van der Waals surface area contributed by atoms with Gasteiger partial charge in [0.2, 0.25) is 6.29 Å². The molecule has 61 valence electrons. The van der Waals surface area contributed by atoms with Gasteiger partial charge in [-0.3, -0.25) is 9.69 Å². The molecule has 0 amide bonds. The molecule has 0 atom stereocenters. The van der Waals surface area contributed by atoms with Crippen molar-refractivity contribution >= 4 is 6.29 Å². The molecule has 0 N–H and O–H groups in total. The summed E-state index contributed by atoms with van der Waals surface area (Å²) >= 11 is 0. The van der Waals surface area contributed by atoms with E-state index in [1.807, 2.05) is 0 Å². The lowest BCUT2D eigenvalue weighted by Gasteiger charge is -2.30. The fourth-order valence-electron chi connectivity index (χ4n) is 1.59. The van der Waals surface area contributed by atoms with E-state index in [2.05, 4.69) is 11.2 Å². The molecular formula is C8H12NO2. The molecular weight excluding hydrogens is 142 g/mol. The van der Waals surface area contributed by atoms with Crippen LogP contribution in [0.3, 0.4) is 0 Å². The van der Waals surface area contributed by atoms with Crippen LogP contribution in [0.25, 0.3) is 0 Å². The van der Waals surface area contributed by atoms with E-state index in [1.165, 1.54) is 0 Å². The summed E-state index contributed by atoms with van der Waals surface area (Å²) in [6.07, 6.45) is 4.14. The maximum atomic E-state index is 10.6. The minimum atomic E-state index is -0.191. The summed E-state index contributed by atoms with van der Waals surface area (Å²) in [6.45, 7) is 3.33. The molecule has 3 nitrogen and oxygen atoms in total. The first-order valence-electron chi connectivity index (χ1n) is 4.09. The van der Waals surface area contributed by atoms with E-state index in [1.54, 1.807) is 0 Å². The Labute approximate surface area is 66.3 Å². The third-order valence-corrected chi connectivity index (χ3v) is 2.53. The summed E-state index contributed by atoms with van der Waals surface area (Å²) in [7, 11) is 0. The molecule has 2 aliphatic rings. The van der Waals surface area contributed by atoms with Gasteiger partial charge in [0.15, 0.2) is 0 Å². The number of rotatable bonds is 2. The van der Waals surface area contributed by atoms with Crippen molar-refractivity contribution in [2.45, 2.75) is 18.4 Å². The Morgan fingerprint density at radius 1 is 1.27 bits per heavy atom. The number of ether oxygens (including phenoxy) is 1. The molecule has 2 rings (SSSR count). The first-order valence-corrected chi connectivity index (χ1v) is 4.09. The molecule has 0 aromatic carbocycles. The molecule has 0 aromatic rings. The highest BCUT2D eigenvalue weighted by molar-refractivity contribution is 5.69. The SMILES string of the molecule is O=[C]C1(N2CCOCC2)CC1. The lowest BCUT2D eigenvalue weighted by molar-refractivity contribution is 0.0235. The van der Waals surface area contributed by atoms with Gasteiger partial charge < -0.3 is 4.74 Å². The second-order valence-electron chi connectivity index (χ2n) is 3.23. The summed E-state index contributed by atoms with van der Waals surface area (Å²) in [5.74, 6) is 0. The normalized spacial score (nSPS) is 29.8. The summed E-state index contributed by atoms with van der Waals surface area (Å²) in [6, 6.07) is 0. The van der Waals surface area contributed by atoms with E-state index in [0.29, 0.717) is 0 Å². The Balaban J connectivity index is 1.97. The van der Waals surface area contributed by atoms with Crippen LogP contribution in [0.2, 0.25) is 0 Å². The Bertz CT molecular complexity index is 159. The van der Waals surface area contributed by atoms with Crippen LogP contribution in [-0.4, -0.2) is 43.0 Å². The molecule has 0 spiro atoms. The van der Waals surface area contributed by atoms with Crippen molar-refractivity contribution in [3.8, 4) is 0 Å². The molecule has 1 aliphatic heterocycles. The molecule has 1 heterocycles. The minimum absolute atomic E-state index is 0.191. The summed E-state index contributed by atoms with van der Waals surface area (Å²) in [5.41, 5.74) is -0.191. The Morgan fingerprint density at radius 2 is 1.91 bits per heavy atom. The van der Waals surface area contributed by atoms with Gasteiger partial charge in [0.1, 0.15) is 0 Å². The quantitative estimate of drug-likeness (QED) is 0.559. The van der Waals surface area contributed by atoms with Crippen molar-refractivity contribution < 1.29 is 9.53 Å². The predicted molar refractivity (Wildman–Crippen MR) is 40.1 cm³/mol. The van der Waals surface area contributed by atoms with Crippen LogP contribution in [0, 0.1) is 0 Å². The molecule has 2 fully saturated rings. The van der Waals surface area contributed by atoms with E-state index >= 15 is 0 Å². The van der Waals surface area contributed by atoms with Crippen LogP contribution in [0.15, 0.2) is 0 Å². The van der Waals surface area contributed by atoms with E-state index in [-0.39, 0.29) is 5.54 Å². The van der Waals surface area contributed by atoms with Crippen LogP contribution < -0.4 is 0 Å². The van der Waals surface area contributed by atoms with Crippen molar-refractivity contribution in [2.75, 3.05) is 26.3 Å². The van der Waals surface area contributed by atoms with Gasteiger partial charge in [-0.25, -0.2) is 0 Å². The molecule has 1 saturated heterocycles. The zero-order chi connectivity index (χ0) is 7.73. The van der Waals surface area contributed by atoms with E-state index in [4.69, 9.17) is 4.74 Å². The first kappa shape index (κ1) is 7.25. The number of hydrogen-bond donors (Lipinski definition) is 0. The second-order valence-corrected chi connectivity index (χ2v) is 3.23. The van der Waals surface area contributed by atoms with E-state index in [9.17, 15) is 4.79 Å². The largest absolute Gasteiger partial charge is 0.379 e. The monoisotopic (exact) mass is 154 g/mol. The molecule has 1 saturated carbocycles. The van der Waals surface area contributed by atoms with Gasteiger partial charge in [0.05, 0.1) is 18.8 Å². The fraction of sp³-hybridized carbons (Fsp3) is 0.875. The smallest absolute Gasteiger partial charge is 0.220 e. The van der Waals surface area contributed by atoms with Gasteiger partial charge in [-0.1, -0.05) is 0 Å². The van der Waals surface area contributed by atoms with Gasteiger partial charge in [0.25, 0.3) is 0 Å². The highest BCUT2D eigenvalue weighted by Gasteiger charge is 2.49. The molecule has 0 aromatic heterocycles. The van der Waals surface area contributed by atoms with Crippen molar-refractivity contribution in [3.05, 3.63) is 0 Å². The Hall–Kier alpha value is -0.410. The van der Waals surface area contributed by atoms with Crippen molar-refractivity contribution in [2.24, 2.45) is 0 Å². The standard InChI is InChI=1S/C8H12NO2/c10-7-8(1-2-8)9-3-5-11-6-4-9/h1-6H2. The van der Waals surface area contributed by atoms with Gasteiger partial charge in [0, 0.05) is 13.1 Å². The molecule has 0 bridgehead atoms. The average molecular weight is 154 g/mol. The van der Waals surface area contributed by atoms with Crippen LogP contribution in [0.5, 0.6) is 0 Å². The van der Waals surface area contributed by atoms with Crippen molar-refractivity contribution in [3.63, 3.8) is 0 Å². The second kappa shape index (κ2) is 2.57. The van der Waals surface area contributed by atoms with Crippen LogP contribution in [0.4, 0.5) is 0 Å². The van der Waals surface area contributed by atoms with Gasteiger partial charge in [-0.05, 0) is 12.8 Å². The topological polar surface area (TPSA) is 29.5 Å². The third-order valence-electron chi connectivity index (χ3n) is 2.53. The fourth-order valence-corrected chi connectivity index (χ4v) is 1.59. The molecule has 1 radical (unpaired) electrons. The van der Waals surface area contributed by atoms with Crippen LogP contribution >= 0.6 is 0 Å². The van der Waals surface area contributed by atoms with Crippen molar-refractivity contribution in [1.82, 2.24) is 4.90 Å². The Morgan fingerprint density at radius 3 is 2.36 bits per heavy atom. The minimum Gasteiger partial charge on any atom is -0.379 e. The highest BCUT2D eigenvalue weighted by Crippen LogP contribution is 2.39. The zero-order valence-corrected chi connectivity index (χ0v) is 6.51. The van der Waals surface area contributed by atoms with Crippen molar-refractivity contribution in [1.29, 1.82) is 0 Å². The van der Waals surface area contributed by atoms with Gasteiger partial charge in [-0.2, -0.15) is 0 Å². The summed E-state index contributed by atoms with van der Waals surface area (Å²) < 4.78 is 5.20. The van der Waals surface area contributed by atoms with E-state index < -0.39 is 0 Å². The zero-order valence-electron chi connectivity index (χ0n) is 6.51. The average Bonchev–Trinajstić information content (AvgIpc) is 2.86. The lowest BCUT2D eigenvalue weighted by atomic mass is 10.2. The number of morpholine rings is 1. The molecule has 0 unspecified atom stereocenters. The van der Waals surface area contributed by atoms with Gasteiger partial charge in [-0.15, -0.1) is 0 Å². The first-order chi connectivity index (χ1) is 5.37.